The summed E-state index contributed by atoms with van der Waals surface area (Å²) in [7, 11) is 0. The van der Waals surface area contributed by atoms with Gasteiger partial charge in [-0.1, -0.05) is 76.2 Å². The van der Waals surface area contributed by atoms with Crippen molar-refractivity contribution in [2.45, 2.75) is 92.3 Å². The van der Waals surface area contributed by atoms with Crippen LogP contribution in [0.5, 0.6) is 0 Å². The van der Waals surface area contributed by atoms with E-state index in [4.69, 9.17) is 14.2 Å². The second kappa shape index (κ2) is 17.9. The number of halogens is 3. The zero-order valence-corrected chi connectivity index (χ0v) is 35.0. The molecule has 0 saturated carbocycles. The monoisotopic (exact) mass is 802 g/mol. The van der Waals surface area contributed by atoms with Crippen molar-refractivity contribution in [1.29, 1.82) is 0 Å². The number of piperidine rings is 1. The van der Waals surface area contributed by atoms with Crippen molar-refractivity contribution < 1.29 is 41.8 Å². The molecule has 0 aliphatic carbocycles. The fourth-order valence-electron chi connectivity index (χ4n) is 7.22. The number of alkyl carbamates (subject to hydrolysis) is 1. The van der Waals surface area contributed by atoms with Crippen molar-refractivity contribution in [3.63, 3.8) is 0 Å². The molecule has 5 rings (SSSR count). The van der Waals surface area contributed by atoms with Crippen LogP contribution in [0.15, 0.2) is 78.9 Å². The summed E-state index contributed by atoms with van der Waals surface area (Å²) in [4.78, 5) is 40.4. The average molecular weight is 803 g/mol. The topological polar surface area (TPSA) is 94.2 Å². The van der Waals surface area contributed by atoms with E-state index in [1.54, 1.807) is 13.0 Å². The molecular formula is C47H57F3N2O6. The fraction of sp³-hybridized carbons (Fsp3) is 0.468. The van der Waals surface area contributed by atoms with Gasteiger partial charge < -0.3 is 24.4 Å². The molecule has 0 aromatic heterocycles. The predicted molar refractivity (Wildman–Crippen MR) is 222 cm³/mol. The molecule has 312 valence electrons. The molecule has 0 bridgehead atoms. The number of nitrogens with zero attached hydrogens (tertiary/aromatic N) is 1. The number of nitrogens with one attached hydrogen (secondary N) is 1. The number of rotatable bonds is 13. The van der Waals surface area contributed by atoms with E-state index >= 15 is 0 Å². The van der Waals surface area contributed by atoms with Crippen LogP contribution in [0.4, 0.5) is 18.0 Å². The summed E-state index contributed by atoms with van der Waals surface area (Å²) in [5, 5.41) is 4.48. The van der Waals surface area contributed by atoms with Gasteiger partial charge in [-0.25, -0.2) is 9.59 Å². The van der Waals surface area contributed by atoms with Crippen molar-refractivity contribution >= 4 is 28.7 Å². The Morgan fingerprint density at radius 2 is 1.36 bits per heavy atom. The lowest BCUT2D eigenvalue weighted by atomic mass is 9.86. The molecule has 2 amide bonds. The van der Waals surface area contributed by atoms with Crippen LogP contribution < -0.4 is 5.32 Å². The molecule has 0 radical (unpaired) electrons. The maximum atomic E-state index is 13.4. The smallest absolute Gasteiger partial charge is 0.416 e. The number of fused-ring (bicyclic) bond motifs is 1. The van der Waals surface area contributed by atoms with Gasteiger partial charge in [0, 0.05) is 31.5 Å². The first-order valence-corrected chi connectivity index (χ1v) is 20.0. The number of amides is 2. The largest absolute Gasteiger partial charge is 0.462 e. The SMILES string of the molecule is CCOC(=O)c1cc(-c2ccc(C3CCN(C(=O)CC(C)(C)COCC(C)(C)CNC(=O)OC(C)(C)C)CC3)cc2)c2ccc(-c3ccc(C(F)(F)F)cc3)cc2c1. The molecule has 1 saturated heterocycles. The zero-order valence-electron chi connectivity index (χ0n) is 35.0. The molecule has 58 heavy (non-hydrogen) atoms. The molecule has 0 unspecified atom stereocenters. The third-order valence-corrected chi connectivity index (χ3v) is 10.3. The highest BCUT2D eigenvalue weighted by molar-refractivity contribution is 6.04. The number of alkyl halides is 3. The van der Waals surface area contributed by atoms with E-state index in [1.165, 1.54) is 17.7 Å². The molecule has 8 nitrogen and oxygen atoms in total. The Hall–Kier alpha value is -4.90. The second-order valence-corrected chi connectivity index (χ2v) is 17.9. The van der Waals surface area contributed by atoms with Gasteiger partial charge in [0.1, 0.15) is 5.60 Å². The maximum Gasteiger partial charge on any atom is 0.416 e. The van der Waals surface area contributed by atoms with E-state index in [0.717, 1.165) is 52.4 Å². The summed E-state index contributed by atoms with van der Waals surface area (Å²) in [6.07, 6.45) is -2.83. The molecule has 1 aliphatic rings. The molecule has 4 aromatic carbocycles. The van der Waals surface area contributed by atoms with Crippen LogP contribution >= 0.6 is 0 Å². The van der Waals surface area contributed by atoms with Gasteiger partial charge in [-0.3, -0.25) is 4.79 Å². The normalized spacial score (nSPS) is 14.4. The molecule has 1 fully saturated rings. The Labute approximate surface area is 340 Å². The van der Waals surface area contributed by atoms with Gasteiger partial charge >= 0.3 is 18.2 Å². The first-order valence-electron chi connectivity index (χ1n) is 20.0. The Morgan fingerprint density at radius 3 is 1.97 bits per heavy atom. The minimum atomic E-state index is -4.42. The number of likely N-dealkylation sites (tertiary alicyclic amines) is 1. The number of benzene rings is 4. The summed E-state index contributed by atoms with van der Waals surface area (Å²) >= 11 is 0. The van der Waals surface area contributed by atoms with E-state index < -0.39 is 29.4 Å². The molecule has 11 heteroatoms. The minimum absolute atomic E-state index is 0.114. The van der Waals surface area contributed by atoms with E-state index in [0.29, 0.717) is 56.3 Å². The van der Waals surface area contributed by atoms with Crippen LogP contribution in [-0.4, -0.2) is 67.9 Å². The maximum absolute atomic E-state index is 13.4. The molecule has 0 atom stereocenters. The zero-order chi connectivity index (χ0) is 42.5. The van der Waals surface area contributed by atoms with Gasteiger partial charge in [-0.05, 0) is 121 Å². The number of carbonyl (C=O) groups is 3. The molecule has 1 aliphatic heterocycles. The number of esters is 1. The Kier molecular flexibility index (Phi) is 13.7. The average Bonchev–Trinajstić information content (AvgIpc) is 3.15. The highest BCUT2D eigenvalue weighted by atomic mass is 19.4. The number of hydrogen-bond donors (Lipinski definition) is 1. The molecule has 1 N–H and O–H groups in total. The summed E-state index contributed by atoms with van der Waals surface area (Å²) in [5.74, 6) is -0.0454. The summed E-state index contributed by atoms with van der Waals surface area (Å²) < 4.78 is 56.3. The molecule has 1 heterocycles. The van der Waals surface area contributed by atoms with Crippen LogP contribution in [0.25, 0.3) is 33.0 Å². The minimum Gasteiger partial charge on any atom is -0.462 e. The Bertz CT molecular complexity index is 2060. The van der Waals surface area contributed by atoms with Crippen LogP contribution in [0, 0.1) is 10.8 Å². The summed E-state index contributed by atoms with van der Waals surface area (Å²) in [6, 6.07) is 22.7. The van der Waals surface area contributed by atoms with Gasteiger partial charge in [0.25, 0.3) is 0 Å². The van der Waals surface area contributed by atoms with Crippen molar-refractivity contribution in [3.05, 3.63) is 95.6 Å². The Balaban J connectivity index is 1.20. The van der Waals surface area contributed by atoms with Gasteiger partial charge in [-0.2, -0.15) is 13.2 Å². The summed E-state index contributed by atoms with van der Waals surface area (Å²) in [5.41, 5.74) is 2.75. The third kappa shape index (κ3) is 12.1. The van der Waals surface area contributed by atoms with Crippen LogP contribution in [-0.2, 0) is 25.2 Å². The summed E-state index contributed by atoms with van der Waals surface area (Å²) in [6.45, 7) is 18.1. The van der Waals surface area contributed by atoms with Gasteiger partial charge in [0.2, 0.25) is 5.91 Å². The molecule has 4 aromatic rings. The van der Waals surface area contributed by atoms with E-state index in [-0.39, 0.29) is 23.3 Å². The first-order chi connectivity index (χ1) is 27.1. The standard InChI is InChI=1S/C47H57F3N2O6/c1-9-57-42(54)37-25-36-24-35(32-14-17-38(18-15-32)47(48,49)50)16-19-39(36)40(26-37)34-12-10-31(11-13-34)33-20-22-52(23-21-33)41(53)27-45(5,6)29-56-30-46(7,8)28-51-43(55)58-44(2,3)4/h10-19,24-26,33H,9,20-23,27-30H2,1-8H3,(H,51,55). The highest BCUT2D eigenvalue weighted by Gasteiger charge is 2.31. The highest BCUT2D eigenvalue weighted by Crippen LogP contribution is 2.37. The van der Waals surface area contributed by atoms with Gasteiger partial charge in [-0.15, -0.1) is 0 Å². The second-order valence-electron chi connectivity index (χ2n) is 17.9. The molecular weight excluding hydrogens is 746 g/mol. The Morgan fingerprint density at radius 1 is 0.759 bits per heavy atom. The fourth-order valence-corrected chi connectivity index (χ4v) is 7.22. The lowest BCUT2D eigenvalue weighted by Gasteiger charge is -2.35. The van der Waals surface area contributed by atoms with Gasteiger partial charge in [0.05, 0.1) is 30.9 Å². The number of carbonyl (C=O) groups excluding carboxylic acids is 3. The van der Waals surface area contributed by atoms with Crippen LogP contribution in [0.2, 0.25) is 0 Å². The van der Waals surface area contributed by atoms with Crippen molar-refractivity contribution in [2.75, 3.05) is 39.5 Å². The number of hydrogen-bond acceptors (Lipinski definition) is 6. The first kappa shape index (κ1) is 44.2. The van der Waals surface area contributed by atoms with Crippen molar-refractivity contribution in [3.8, 4) is 22.3 Å². The predicted octanol–water partition coefficient (Wildman–Crippen LogP) is 11.1. The van der Waals surface area contributed by atoms with Crippen molar-refractivity contribution in [1.82, 2.24) is 10.2 Å². The van der Waals surface area contributed by atoms with Crippen LogP contribution in [0.3, 0.4) is 0 Å². The van der Waals surface area contributed by atoms with Crippen LogP contribution in [0.1, 0.15) is 102 Å². The lowest BCUT2D eigenvalue weighted by molar-refractivity contribution is -0.137. The molecule has 0 spiro atoms. The van der Waals surface area contributed by atoms with E-state index in [1.807, 2.05) is 77.6 Å². The quantitative estimate of drug-likeness (QED) is 0.135. The number of ether oxygens (including phenoxy) is 3. The lowest BCUT2D eigenvalue weighted by Crippen LogP contribution is -2.41. The van der Waals surface area contributed by atoms with E-state index in [2.05, 4.69) is 29.6 Å². The van der Waals surface area contributed by atoms with E-state index in [9.17, 15) is 27.6 Å². The van der Waals surface area contributed by atoms with Gasteiger partial charge in [0.15, 0.2) is 0 Å². The third-order valence-electron chi connectivity index (χ3n) is 10.3. The van der Waals surface area contributed by atoms with Crippen molar-refractivity contribution in [2.24, 2.45) is 10.8 Å².